The fraction of sp³-hybridized carbons (Fsp3) is 0. The first-order chi connectivity index (χ1) is 2.00. The zero-order chi connectivity index (χ0) is 4.50. The van der Waals surface area contributed by atoms with Crippen molar-refractivity contribution in [2.45, 2.75) is 0 Å². The zero-order valence-corrected chi connectivity index (χ0v) is 8.85. The molecule has 0 rings (SSSR count). The van der Waals surface area contributed by atoms with E-state index >= 15 is 0 Å². The van der Waals surface area contributed by atoms with Gasteiger partial charge in [-0.1, -0.05) is 0 Å². The van der Waals surface area contributed by atoms with Crippen LogP contribution in [0.2, 0.25) is 0 Å². The van der Waals surface area contributed by atoms with Gasteiger partial charge in [-0.2, -0.15) is 8.42 Å². The van der Waals surface area contributed by atoms with Crippen LogP contribution in [0.4, 0.5) is 0 Å². The van der Waals surface area contributed by atoms with Crippen molar-refractivity contribution >= 4 is 48.1 Å². The fourth-order valence-electron chi connectivity index (χ4n) is 0. The molecule has 0 aliphatic carbocycles. The fourth-order valence-corrected chi connectivity index (χ4v) is 0. The van der Waals surface area contributed by atoms with Crippen LogP contribution < -0.4 is 29.6 Å². The van der Waals surface area contributed by atoms with Crippen LogP contribution >= 0.6 is 0 Å². The molecule has 32 valence electrons. The summed E-state index contributed by atoms with van der Waals surface area (Å²) in [4.78, 5) is 0. The summed E-state index contributed by atoms with van der Waals surface area (Å²) in [6, 6.07) is 0. The first kappa shape index (κ1) is 16.1. The molecule has 7 heavy (non-hydrogen) atoms. The van der Waals surface area contributed by atoms with E-state index in [1.165, 1.54) is 0 Å². The molecule has 0 saturated carbocycles. The molecule has 2 N–H and O–H groups in total. The quantitative estimate of drug-likeness (QED) is 0.280. The molecule has 0 spiro atoms. The molecule has 0 aromatic rings. The number of rotatable bonds is 0. The summed E-state index contributed by atoms with van der Waals surface area (Å²) in [7, 11) is -4.67. The van der Waals surface area contributed by atoms with Gasteiger partial charge in [-0.15, -0.1) is 0 Å². The van der Waals surface area contributed by atoms with Crippen LogP contribution in [0.3, 0.4) is 0 Å². The molecule has 0 saturated heterocycles. The molecule has 0 bridgehead atoms. The van der Waals surface area contributed by atoms with Crippen molar-refractivity contribution in [3.8, 4) is 0 Å². The zero-order valence-electron chi connectivity index (χ0n) is 3.83. The molecule has 0 aliphatic heterocycles. The van der Waals surface area contributed by atoms with Gasteiger partial charge in [0.1, 0.15) is 0 Å². The first-order valence-electron chi connectivity index (χ1n) is 0.698. The topological polar surface area (TPSA) is 74.6 Å². The molecule has 7 heteroatoms. The Morgan fingerprint density at radius 2 is 1.14 bits per heavy atom. The van der Waals surface area contributed by atoms with E-state index in [2.05, 4.69) is 0 Å². The average molecular weight is 161 g/mol. The van der Waals surface area contributed by atoms with Gasteiger partial charge >= 0.3 is 77.7 Å². The Balaban J connectivity index is -0.0000000800. The summed E-state index contributed by atoms with van der Waals surface area (Å²) in [5, 5.41) is 0. The van der Waals surface area contributed by atoms with Crippen LogP contribution in [0.15, 0.2) is 0 Å². The molecular weight excluding hydrogens is 159 g/mol. The van der Waals surface area contributed by atoms with Crippen molar-refractivity contribution in [3.63, 3.8) is 0 Å². The second-order valence-electron chi connectivity index (χ2n) is 0.448. The largest absolute Gasteiger partial charge is 2.00 e. The third-order valence-corrected chi connectivity index (χ3v) is 0. The van der Waals surface area contributed by atoms with E-state index in [-0.39, 0.29) is 67.3 Å². The van der Waals surface area contributed by atoms with Crippen molar-refractivity contribution < 1.29 is 47.1 Å². The average Bonchev–Trinajstić information content (AvgIpc) is 0.722. The Hall–Kier alpha value is 2.13. The van der Waals surface area contributed by atoms with E-state index in [4.69, 9.17) is 17.5 Å². The predicted molar refractivity (Wildman–Crippen MR) is 19.9 cm³/mol. The first-order valence-corrected chi connectivity index (χ1v) is 2.10. The van der Waals surface area contributed by atoms with Gasteiger partial charge in [-0.3, -0.25) is 9.11 Å². The van der Waals surface area contributed by atoms with Crippen LogP contribution in [0, 0.1) is 0 Å². The molecule has 0 aliphatic rings. The molecule has 0 radical (unpaired) electrons. The Kier molecular flexibility index (Phi) is 14.3. The van der Waals surface area contributed by atoms with Gasteiger partial charge in [0.15, 0.2) is 0 Å². The number of hydrogen-bond acceptors (Lipinski definition) is 2. The van der Waals surface area contributed by atoms with Crippen molar-refractivity contribution in [2.75, 3.05) is 0 Å². The summed E-state index contributed by atoms with van der Waals surface area (Å²) in [6.07, 6.45) is 0. The smallest absolute Gasteiger partial charge is 0.264 e. The van der Waals surface area contributed by atoms with E-state index in [1.54, 1.807) is 0 Å². The van der Waals surface area contributed by atoms with Crippen LogP contribution in [0.25, 0.3) is 0 Å². The minimum atomic E-state index is -4.67. The van der Waals surface area contributed by atoms with Gasteiger partial charge in [0.05, 0.1) is 0 Å². The SMILES string of the molecule is O=S(=O)(O)O.[Ca+2].[Na+]. The Morgan fingerprint density at radius 1 is 1.14 bits per heavy atom. The molecule has 0 fully saturated rings. The van der Waals surface area contributed by atoms with E-state index in [0.29, 0.717) is 0 Å². The Morgan fingerprint density at radius 3 is 1.14 bits per heavy atom. The maximum atomic E-state index is 8.74. The normalized spacial score (nSPS) is 8.29. The standard InChI is InChI=1S/Ca.Na.H2O4S/c;;1-5(2,3)4/h;;(H2,1,2,3,4)/q+2;+1;. The van der Waals surface area contributed by atoms with Crippen molar-refractivity contribution in [1.29, 1.82) is 0 Å². The van der Waals surface area contributed by atoms with E-state index < -0.39 is 10.4 Å². The monoisotopic (exact) mass is 161 g/mol. The van der Waals surface area contributed by atoms with E-state index in [1.807, 2.05) is 0 Å². The third kappa shape index (κ3) is 67.3. The Bertz CT molecular complexity index is 94.9. The van der Waals surface area contributed by atoms with Crippen molar-refractivity contribution in [3.05, 3.63) is 0 Å². The summed E-state index contributed by atoms with van der Waals surface area (Å²) in [5.41, 5.74) is 0. The van der Waals surface area contributed by atoms with E-state index in [9.17, 15) is 0 Å². The van der Waals surface area contributed by atoms with Gasteiger partial charge in [0.25, 0.3) is 0 Å². The van der Waals surface area contributed by atoms with Gasteiger partial charge in [-0.25, -0.2) is 0 Å². The molecule has 4 nitrogen and oxygen atoms in total. The minimum Gasteiger partial charge on any atom is -0.264 e. The van der Waals surface area contributed by atoms with E-state index in [0.717, 1.165) is 0 Å². The van der Waals surface area contributed by atoms with Crippen LogP contribution in [0.1, 0.15) is 0 Å². The summed E-state index contributed by atoms with van der Waals surface area (Å²) < 4.78 is 31.6. The predicted octanol–water partition coefficient (Wildman–Crippen LogP) is -4.03. The second-order valence-corrected chi connectivity index (χ2v) is 1.34. The third-order valence-electron chi connectivity index (χ3n) is 0. The van der Waals surface area contributed by atoms with Gasteiger partial charge in [-0.05, 0) is 0 Å². The summed E-state index contributed by atoms with van der Waals surface area (Å²) in [5.74, 6) is 0. The molecule has 0 aromatic heterocycles. The summed E-state index contributed by atoms with van der Waals surface area (Å²) >= 11 is 0. The molecule has 0 aromatic carbocycles. The Labute approximate surface area is 93.5 Å². The minimum absolute atomic E-state index is 0. The van der Waals surface area contributed by atoms with Crippen LogP contribution in [-0.4, -0.2) is 55.3 Å². The molecule has 0 unspecified atom stereocenters. The molecule has 0 atom stereocenters. The van der Waals surface area contributed by atoms with Gasteiger partial charge in [0, 0.05) is 0 Å². The maximum absolute atomic E-state index is 8.74. The number of hydrogen-bond donors (Lipinski definition) is 2. The van der Waals surface area contributed by atoms with Crippen molar-refractivity contribution in [2.24, 2.45) is 0 Å². The molecule has 0 amide bonds. The van der Waals surface area contributed by atoms with Gasteiger partial charge in [0.2, 0.25) is 0 Å². The summed E-state index contributed by atoms with van der Waals surface area (Å²) in [6.45, 7) is 0. The van der Waals surface area contributed by atoms with Crippen molar-refractivity contribution in [1.82, 2.24) is 0 Å². The molecular formula is H2CaNaO4S+3. The van der Waals surface area contributed by atoms with Gasteiger partial charge < -0.3 is 0 Å². The maximum Gasteiger partial charge on any atom is 2.00 e. The second kappa shape index (κ2) is 6.25. The van der Waals surface area contributed by atoms with Crippen LogP contribution in [0.5, 0.6) is 0 Å². The molecule has 0 heterocycles. The van der Waals surface area contributed by atoms with Crippen LogP contribution in [-0.2, 0) is 10.4 Å².